The molecule has 28 heavy (non-hydrogen) atoms. The number of pyridine rings is 1. The molecule has 0 radical (unpaired) electrons. The second-order valence-electron chi connectivity index (χ2n) is 6.18. The monoisotopic (exact) mass is 397 g/mol. The highest BCUT2D eigenvalue weighted by atomic mass is 35.5. The van der Waals surface area contributed by atoms with Gasteiger partial charge < -0.3 is 5.11 Å². The van der Waals surface area contributed by atoms with Crippen LogP contribution < -0.4 is 10.2 Å². The number of aliphatic hydroxyl groups excluding tert-OH is 1. The fraction of sp³-hybridized carbons (Fsp3) is 0.200. The van der Waals surface area contributed by atoms with Gasteiger partial charge >= 0.3 is 6.03 Å². The van der Waals surface area contributed by atoms with Crippen LogP contribution in [0.2, 0.25) is 5.02 Å². The van der Waals surface area contributed by atoms with Crippen LogP contribution in [0, 0.1) is 13.8 Å². The van der Waals surface area contributed by atoms with Crippen molar-refractivity contribution in [2.75, 3.05) is 23.4 Å². The first-order chi connectivity index (χ1) is 13.5. The van der Waals surface area contributed by atoms with Crippen molar-refractivity contribution in [1.82, 2.24) is 15.0 Å². The van der Waals surface area contributed by atoms with Gasteiger partial charge in [-0.25, -0.2) is 19.7 Å². The van der Waals surface area contributed by atoms with Crippen LogP contribution in [0.5, 0.6) is 0 Å². The van der Waals surface area contributed by atoms with Gasteiger partial charge in [-0.2, -0.15) is 0 Å². The quantitative estimate of drug-likeness (QED) is 0.682. The van der Waals surface area contributed by atoms with Gasteiger partial charge in [-0.05, 0) is 49.2 Å². The van der Waals surface area contributed by atoms with E-state index < -0.39 is 6.03 Å². The van der Waals surface area contributed by atoms with Gasteiger partial charge in [0, 0.05) is 16.8 Å². The molecular weight excluding hydrogens is 378 g/mol. The van der Waals surface area contributed by atoms with E-state index >= 15 is 0 Å². The van der Waals surface area contributed by atoms with Crippen molar-refractivity contribution < 1.29 is 9.90 Å². The lowest BCUT2D eigenvalue weighted by Gasteiger charge is -2.24. The number of aliphatic hydroxyl groups is 1. The molecule has 2 heterocycles. The van der Waals surface area contributed by atoms with Gasteiger partial charge in [0.1, 0.15) is 18.0 Å². The van der Waals surface area contributed by atoms with Crippen molar-refractivity contribution in [3.05, 3.63) is 65.1 Å². The number of amides is 2. The van der Waals surface area contributed by atoms with Crippen molar-refractivity contribution >= 4 is 29.3 Å². The third kappa shape index (κ3) is 4.44. The minimum Gasteiger partial charge on any atom is -0.395 e. The summed E-state index contributed by atoms with van der Waals surface area (Å²) >= 11 is 6.11. The predicted octanol–water partition coefficient (Wildman–Crippen LogP) is 3.84. The summed E-state index contributed by atoms with van der Waals surface area (Å²) in [5.74, 6) is 0.832. The molecule has 8 heteroatoms. The Labute approximate surface area is 168 Å². The number of hydrogen-bond donors (Lipinski definition) is 2. The van der Waals surface area contributed by atoms with Gasteiger partial charge in [0.05, 0.1) is 18.8 Å². The van der Waals surface area contributed by atoms with E-state index in [1.165, 1.54) is 17.4 Å². The zero-order valence-electron chi connectivity index (χ0n) is 15.6. The standard InChI is InChI=1S/C20H20ClN5O2/c1-13-10-17(15-4-3-5-16(21)11-15)24-19(14(13)2)26(8-9-27)20(28)25-18-6-7-22-12-23-18/h3-7,10-12,27H,8-9H2,1-2H3,(H,22,23,25,28). The van der Waals surface area contributed by atoms with Crippen LogP contribution in [0.25, 0.3) is 11.3 Å². The lowest BCUT2D eigenvalue weighted by Crippen LogP contribution is -2.38. The molecule has 1 aromatic carbocycles. The maximum Gasteiger partial charge on any atom is 0.328 e. The summed E-state index contributed by atoms with van der Waals surface area (Å²) < 4.78 is 0. The van der Waals surface area contributed by atoms with Gasteiger partial charge in [-0.1, -0.05) is 23.7 Å². The van der Waals surface area contributed by atoms with E-state index in [0.29, 0.717) is 22.4 Å². The van der Waals surface area contributed by atoms with Gasteiger partial charge in [0.15, 0.2) is 0 Å². The average Bonchev–Trinajstić information content (AvgIpc) is 2.69. The summed E-state index contributed by atoms with van der Waals surface area (Å²) in [5.41, 5.74) is 3.35. The van der Waals surface area contributed by atoms with Crippen molar-refractivity contribution in [3.63, 3.8) is 0 Å². The number of anilines is 2. The Morgan fingerprint density at radius 1 is 1.25 bits per heavy atom. The average molecular weight is 398 g/mol. The van der Waals surface area contributed by atoms with E-state index in [1.807, 2.05) is 38.1 Å². The summed E-state index contributed by atoms with van der Waals surface area (Å²) in [6, 6.07) is 10.5. The van der Waals surface area contributed by atoms with E-state index in [2.05, 4.69) is 20.3 Å². The van der Waals surface area contributed by atoms with E-state index in [-0.39, 0.29) is 13.2 Å². The highest BCUT2D eigenvalue weighted by molar-refractivity contribution is 6.30. The Balaban J connectivity index is 2.01. The minimum atomic E-state index is -0.439. The zero-order chi connectivity index (χ0) is 20.1. The van der Waals surface area contributed by atoms with Crippen molar-refractivity contribution in [1.29, 1.82) is 0 Å². The van der Waals surface area contributed by atoms with Gasteiger partial charge in [0.2, 0.25) is 0 Å². The SMILES string of the molecule is Cc1cc(-c2cccc(Cl)c2)nc(N(CCO)C(=O)Nc2ccncn2)c1C. The summed E-state index contributed by atoms with van der Waals surface area (Å²) in [5, 5.41) is 12.8. The van der Waals surface area contributed by atoms with Crippen molar-refractivity contribution in [3.8, 4) is 11.3 Å². The first-order valence-electron chi connectivity index (χ1n) is 8.69. The predicted molar refractivity (Wildman–Crippen MR) is 110 cm³/mol. The number of benzene rings is 1. The lowest BCUT2D eigenvalue weighted by molar-refractivity contribution is 0.251. The highest BCUT2D eigenvalue weighted by Gasteiger charge is 2.21. The Morgan fingerprint density at radius 3 is 2.75 bits per heavy atom. The normalized spacial score (nSPS) is 10.6. The van der Waals surface area contributed by atoms with Crippen LogP contribution in [0.15, 0.2) is 48.9 Å². The Morgan fingerprint density at radius 2 is 2.07 bits per heavy atom. The molecule has 2 aromatic heterocycles. The number of carbonyl (C=O) groups excluding carboxylic acids is 1. The zero-order valence-corrected chi connectivity index (χ0v) is 16.3. The molecule has 0 aliphatic carbocycles. The van der Waals surface area contributed by atoms with Crippen LogP contribution in [-0.4, -0.2) is 39.2 Å². The summed E-state index contributed by atoms with van der Waals surface area (Å²) in [7, 11) is 0. The molecule has 0 unspecified atom stereocenters. The summed E-state index contributed by atoms with van der Waals surface area (Å²) in [6.07, 6.45) is 2.88. The van der Waals surface area contributed by atoms with Crippen molar-refractivity contribution in [2.45, 2.75) is 13.8 Å². The molecule has 3 rings (SSSR count). The molecule has 0 atom stereocenters. The maximum atomic E-state index is 12.9. The maximum absolute atomic E-state index is 12.9. The molecule has 0 bridgehead atoms. The van der Waals surface area contributed by atoms with Crippen molar-refractivity contribution in [2.24, 2.45) is 0 Å². The largest absolute Gasteiger partial charge is 0.395 e. The van der Waals surface area contributed by atoms with Gasteiger partial charge in [-0.15, -0.1) is 0 Å². The second-order valence-corrected chi connectivity index (χ2v) is 6.62. The summed E-state index contributed by atoms with van der Waals surface area (Å²) in [6.45, 7) is 3.72. The molecule has 0 saturated heterocycles. The molecular formula is C20H20ClN5O2. The van der Waals surface area contributed by atoms with Crippen LogP contribution >= 0.6 is 11.6 Å². The highest BCUT2D eigenvalue weighted by Crippen LogP contribution is 2.28. The number of nitrogens with zero attached hydrogens (tertiary/aromatic N) is 4. The van der Waals surface area contributed by atoms with Crippen LogP contribution in [0.1, 0.15) is 11.1 Å². The summed E-state index contributed by atoms with van der Waals surface area (Å²) in [4.78, 5) is 26.8. The van der Waals surface area contributed by atoms with Crippen LogP contribution in [-0.2, 0) is 0 Å². The van der Waals surface area contributed by atoms with E-state index in [0.717, 1.165) is 16.7 Å². The number of nitrogens with one attached hydrogen (secondary N) is 1. The molecule has 0 spiro atoms. The number of carbonyl (C=O) groups is 1. The van der Waals surface area contributed by atoms with Crippen LogP contribution in [0.4, 0.5) is 16.4 Å². The molecule has 0 aliphatic rings. The molecule has 2 amide bonds. The molecule has 7 nitrogen and oxygen atoms in total. The van der Waals surface area contributed by atoms with E-state index in [1.54, 1.807) is 12.1 Å². The number of halogens is 1. The lowest BCUT2D eigenvalue weighted by atomic mass is 10.1. The first-order valence-corrected chi connectivity index (χ1v) is 9.07. The number of hydrogen-bond acceptors (Lipinski definition) is 5. The fourth-order valence-electron chi connectivity index (χ4n) is 2.72. The molecule has 0 fully saturated rings. The minimum absolute atomic E-state index is 0.0865. The number of rotatable bonds is 5. The van der Waals surface area contributed by atoms with E-state index in [9.17, 15) is 9.90 Å². The number of urea groups is 1. The van der Waals surface area contributed by atoms with E-state index in [4.69, 9.17) is 11.6 Å². The third-order valence-electron chi connectivity index (χ3n) is 4.27. The first kappa shape index (κ1) is 19.7. The van der Waals surface area contributed by atoms with Gasteiger partial charge in [0.25, 0.3) is 0 Å². The molecule has 0 saturated carbocycles. The third-order valence-corrected chi connectivity index (χ3v) is 4.50. The molecule has 0 aliphatic heterocycles. The smallest absolute Gasteiger partial charge is 0.328 e. The molecule has 144 valence electrons. The topological polar surface area (TPSA) is 91.2 Å². The number of aryl methyl sites for hydroxylation is 1. The Bertz CT molecular complexity index is 982. The molecule has 2 N–H and O–H groups in total. The second kappa shape index (κ2) is 8.77. The fourth-order valence-corrected chi connectivity index (χ4v) is 2.91. The van der Waals surface area contributed by atoms with Gasteiger partial charge in [-0.3, -0.25) is 10.2 Å². The molecule has 3 aromatic rings. The Kier molecular flexibility index (Phi) is 6.18. The number of aromatic nitrogens is 3. The van der Waals surface area contributed by atoms with Crippen LogP contribution in [0.3, 0.4) is 0 Å². The Hall–Kier alpha value is -3.03.